The number of carboxylic acid groups (broad SMARTS) is 1. The summed E-state index contributed by atoms with van der Waals surface area (Å²) in [6.07, 6.45) is 2.32. The van der Waals surface area contributed by atoms with E-state index in [1.54, 1.807) is 11.1 Å². The molecule has 1 aromatic heterocycles. The third-order valence-corrected chi connectivity index (χ3v) is 3.82. The van der Waals surface area contributed by atoms with Crippen molar-refractivity contribution in [1.29, 1.82) is 0 Å². The Hall–Kier alpha value is -2.11. The molecule has 0 aliphatic carbocycles. The number of amides is 2. The summed E-state index contributed by atoms with van der Waals surface area (Å²) >= 11 is 0. The average molecular weight is 291 g/mol. The lowest BCUT2D eigenvalue weighted by Crippen LogP contribution is -2.49. The molecule has 0 saturated carbocycles. The molecule has 6 nitrogen and oxygen atoms in total. The van der Waals surface area contributed by atoms with Gasteiger partial charge in [-0.15, -0.1) is 0 Å². The summed E-state index contributed by atoms with van der Waals surface area (Å²) in [6.45, 7) is 5.13. The molecule has 6 heteroatoms. The molecular weight excluding hydrogens is 270 g/mol. The number of hydrogen-bond acceptors (Lipinski definition) is 3. The topological polar surface area (TPSA) is 82.5 Å². The van der Waals surface area contributed by atoms with Crippen molar-refractivity contribution in [3.63, 3.8) is 0 Å². The zero-order valence-corrected chi connectivity index (χ0v) is 12.4. The zero-order valence-electron chi connectivity index (χ0n) is 12.4. The van der Waals surface area contributed by atoms with Crippen LogP contribution in [-0.4, -0.2) is 40.1 Å². The largest absolute Gasteiger partial charge is 0.481 e. The minimum atomic E-state index is -0.833. The van der Waals surface area contributed by atoms with Crippen molar-refractivity contribution in [3.8, 4) is 0 Å². The third-order valence-electron chi connectivity index (χ3n) is 3.82. The van der Waals surface area contributed by atoms with Crippen LogP contribution in [0.15, 0.2) is 18.3 Å². The number of nitrogens with zero attached hydrogens (tertiary/aromatic N) is 2. The van der Waals surface area contributed by atoms with Crippen molar-refractivity contribution >= 4 is 12.0 Å². The molecule has 1 saturated heterocycles. The van der Waals surface area contributed by atoms with Crippen molar-refractivity contribution < 1.29 is 14.7 Å². The van der Waals surface area contributed by atoms with Crippen molar-refractivity contribution in [2.75, 3.05) is 13.1 Å². The molecule has 114 valence electrons. The van der Waals surface area contributed by atoms with Crippen LogP contribution in [0.3, 0.4) is 0 Å². The predicted molar refractivity (Wildman–Crippen MR) is 77.7 cm³/mol. The van der Waals surface area contributed by atoms with Crippen LogP contribution < -0.4 is 5.32 Å². The van der Waals surface area contributed by atoms with Gasteiger partial charge in [0.25, 0.3) is 0 Å². The van der Waals surface area contributed by atoms with Crippen molar-refractivity contribution in [2.45, 2.75) is 26.8 Å². The Morgan fingerprint density at radius 1 is 1.48 bits per heavy atom. The first kappa shape index (κ1) is 15.3. The Bertz CT molecular complexity index is 533. The Balaban J connectivity index is 1.93. The van der Waals surface area contributed by atoms with E-state index in [1.807, 2.05) is 26.0 Å². The van der Waals surface area contributed by atoms with Gasteiger partial charge in [-0.05, 0) is 30.9 Å². The Kier molecular flexibility index (Phi) is 4.77. The van der Waals surface area contributed by atoms with Crippen LogP contribution in [0.2, 0.25) is 0 Å². The number of nitrogens with one attached hydrogen (secondary N) is 1. The number of aliphatic carboxylic acids is 1. The van der Waals surface area contributed by atoms with Gasteiger partial charge in [-0.1, -0.05) is 13.0 Å². The highest BCUT2D eigenvalue weighted by Crippen LogP contribution is 2.21. The lowest BCUT2D eigenvalue weighted by atomic mass is 9.91. The molecule has 1 fully saturated rings. The smallest absolute Gasteiger partial charge is 0.317 e. The van der Waals surface area contributed by atoms with E-state index < -0.39 is 11.9 Å². The first-order valence-electron chi connectivity index (χ1n) is 7.13. The molecule has 0 spiro atoms. The van der Waals surface area contributed by atoms with E-state index in [0.29, 0.717) is 19.5 Å². The average Bonchev–Trinajstić information content (AvgIpc) is 2.45. The van der Waals surface area contributed by atoms with E-state index in [1.165, 1.54) is 0 Å². The maximum atomic E-state index is 12.2. The van der Waals surface area contributed by atoms with Crippen molar-refractivity contribution in [3.05, 3.63) is 29.6 Å². The minimum Gasteiger partial charge on any atom is -0.481 e. The van der Waals surface area contributed by atoms with E-state index in [0.717, 1.165) is 11.3 Å². The van der Waals surface area contributed by atoms with E-state index in [4.69, 9.17) is 5.11 Å². The standard InChI is InChI=1S/C15H21N3O3/c1-10-6-12(14(19)20)9-18(8-10)15(21)17-7-13-11(2)4-3-5-16-13/h3-5,10,12H,6-9H2,1-2H3,(H,17,21)(H,19,20). The summed E-state index contributed by atoms with van der Waals surface area (Å²) in [5.74, 6) is -1.11. The number of pyridine rings is 1. The van der Waals surface area contributed by atoms with Crippen molar-refractivity contribution in [2.24, 2.45) is 11.8 Å². The number of carboxylic acids is 1. The van der Waals surface area contributed by atoms with Gasteiger partial charge in [0.05, 0.1) is 18.2 Å². The Morgan fingerprint density at radius 2 is 2.24 bits per heavy atom. The molecule has 0 bridgehead atoms. The number of carbonyl (C=O) groups is 2. The second-order valence-corrected chi connectivity index (χ2v) is 5.71. The van der Waals surface area contributed by atoms with Crippen LogP contribution in [0.4, 0.5) is 4.79 Å². The van der Waals surface area contributed by atoms with Crippen LogP contribution >= 0.6 is 0 Å². The molecular formula is C15H21N3O3. The highest BCUT2D eigenvalue weighted by Gasteiger charge is 2.31. The maximum Gasteiger partial charge on any atom is 0.317 e. The molecule has 2 rings (SSSR count). The second kappa shape index (κ2) is 6.56. The van der Waals surface area contributed by atoms with E-state index in [-0.39, 0.29) is 18.5 Å². The molecule has 1 aliphatic rings. The van der Waals surface area contributed by atoms with Crippen LogP contribution in [0.5, 0.6) is 0 Å². The summed E-state index contributed by atoms with van der Waals surface area (Å²) < 4.78 is 0. The normalized spacial score (nSPS) is 21.9. The molecule has 2 N–H and O–H groups in total. The highest BCUT2D eigenvalue weighted by molar-refractivity contribution is 5.76. The molecule has 0 aromatic carbocycles. The van der Waals surface area contributed by atoms with E-state index >= 15 is 0 Å². The maximum absolute atomic E-state index is 12.2. The molecule has 2 heterocycles. The summed E-state index contributed by atoms with van der Waals surface area (Å²) in [6, 6.07) is 3.57. The number of aryl methyl sites for hydroxylation is 1. The van der Waals surface area contributed by atoms with Gasteiger partial charge in [0.1, 0.15) is 0 Å². The van der Waals surface area contributed by atoms with Gasteiger partial charge in [-0.2, -0.15) is 0 Å². The number of aromatic nitrogens is 1. The first-order chi connectivity index (χ1) is 9.97. The molecule has 2 unspecified atom stereocenters. The molecule has 0 radical (unpaired) electrons. The minimum absolute atomic E-state index is 0.196. The number of piperidine rings is 1. The van der Waals surface area contributed by atoms with Gasteiger partial charge in [0, 0.05) is 19.3 Å². The van der Waals surface area contributed by atoms with Gasteiger partial charge in [0.15, 0.2) is 0 Å². The Labute approximate surface area is 124 Å². The number of hydrogen-bond donors (Lipinski definition) is 2. The van der Waals surface area contributed by atoms with Crippen molar-refractivity contribution in [1.82, 2.24) is 15.2 Å². The highest BCUT2D eigenvalue weighted by atomic mass is 16.4. The summed E-state index contributed by atoms with van der Waals surface area (Å²) in [5, 5.41) is 12.0. The van der Waals surface area contributed by atoms with Crippen LogP contribution in [0.1, 0.15) is 24.6 Å². The van der Waals surface area contributed by atoms with Gasteiger partial charge in [0.2, 0.25) is 0 Å². The van der Waals surface area contributed by atoms with Gasteiger partial charge < -0.3 is 15.3 Å². The molecule has 1 aromatic rings. The van der Waals surface area contributed by atoms with Gasteiger partial charge in [-0.3, -0.25) is 9.78 Å². The first-order valence-corrected chi connectivity index (χ1v) is 7.13. The molecule has 2 atom stereocenters. The fraction of sp³-hybridized carbons (Fsp3) is 0.533. The van der Waals surface area contributed by atoms with Gasteiger partial charge in [-0.25, -0.2) is 4.79 Å². The Morgan fingerprint density at radius 3 is 2.90 bits per heavy atom. The quantitative estimate of drug-likeness (QED) is 0.887. The fourth-order valence-electron chi connectivity index (χ4n) is 2.67. The lowest BCUT2D eigenvalue weighted by molar-refractivity contribution is -0.143. The van der Waals surface area contributed by atoms with E-state index in [9.17, 15) is 9.59 Å². The molecule has 1 aliphatic heterocycles. The van der Waals surface area contributed by atoms with E-state index in [2.05, 4.69) is 10.3 Å². The van der Waals surface area contributed by atoms with Crippen LogP contribution in [-0.2, 0) is 11.3 Å². The SMILES string of the molecule is Cc1cccnc1CNC(=O)N1CC(C)CC(C(=O)O)C1. The number of carbonyl (C=O) groups excluding carboxylic acids is 1. The van der Waals surface area contributed by atoms with Crippen LogP contribution in [0, 0.1) is 18.8 Å². The van der Waals surface area contributed by atoms with Crippen LogP contribution in [0.25, 0.3) is 0 Å². The molecule has 2 amide bonds. The summed E-state index contributed by atoms with van der Waals surface area (Å²) in [4.78, 5) is 29.1. The second-order valence-electron chi connectivity index (χ2n) is 5.71. The zero-order chi connectivity index (χ0) is 15.4. The number of likely N-dealkylation sites (tertiary alicyclic amines) is 1. The number of rotatable bonds is 3. The monoisotopic (exact) mass is 291 g/mol. The fourth-order valence-corrected chi connectivity index (χ4v) is 2.67. The summed E-state index contributed by atoms with van der Waals surface area (Å²) in [7, 11) is 0. The lowest BCUT2D eigenvalue weighted by Gasteiger charge is -2.34. The summed E-state index contributed by atoms with van der Waals surface area (Å²) in [5.41, 5.74) is 1.85. The third kappa shape index (κ3) is 3.93. The number of urea groups is 1. The molecule has 21 heavy (non-hydrogen) atoms. The predicted octanol–water partition coefficient (Wildman–Crippen LogP) is 1.64. The van der Waals surface area contributed by atoms with Gasteiger partial charge >= 0.3 is 12.0 Å².